The Morgan fingerprint density at radius 1 is 0.649 bits per heavy atom. The second-order valence-electron chi connectivity index (χ2n) is 7.08. The number of halogens is 2. The maximum Gasteiger partial charge on any atom is 0.407 e. The quantitative estimate of drug-likeness (QED) is 0.0800. The van der Waals surface area contributed by atoms with Crippen LogP contribution in [0.2, 0.25) is 0 Å². The lowest BCUT2D eigenvalue weighted by Crippen LogP contribution is -2.26. The maximum absolute atomic E-state index is 11.1. The summed E-state index contributed by atoms with van der Waals surface area (Å²) in [7, 11) is 1.94. The predicted molar refractivity (Wildman–Crippen MR) is 146 cm³/mol. The lowest BCUT2D eigenvalue weighted by atomic mass is 10.2. The zero-order valence-corrected chi connectivity index (χ0v) is 23.0. The molecule has 0 radical (unpaired) electrons. The lowest BCUT2D eigenvalue weighted by Gasteiger charge is -2.07. The third kappa shape index (κ3) is 51.6. The van der Waals surface area contributed by atoms with Gasteiger partial charge in [-0.15, -0.1) is 0 Å². The fraction of sp³-hybridized carbons (Fsp3) is 0.826. The van der Waals surface area contributed by atoms with Gasteiger partial charge in [0.25, 0.3) is 0 Å². The van der Waals surface area contributed by atoms with Crippen LogP contribution in [-0.2, 0) is 23.7 Å². The summed E-state index contributed by atoms with van der Waals surface area (Å²) in [4.78, 5) is 41.3. The molecule has 0 spiro atoms. The van der Waals surface area contributed by atoms with Crippen molar-refractivity contribution in [3.05, 3.63) is 0 Å². The summed E-state index contributed by atoms with van der Waals surface area (Å²) in [5.74, 6) is -0.374. The molecule has 1 amide bonds. The average molecular weight is 580 g/mol. The third-order valence-corrected chi connectivity index (χ3v) is 4.14. The number of carbonyl (C=O) groups is 4. The molecule has 0 rings (SSSR count). The van der Waals surface area contributed by atoms with Gasteiger partial charge >= 0.3 is 22.9 Å². The van der Waals surface area contributed by atoms with Crippen LogP contribution in [0.1, 0.15) is 65.7 Å². The Hall–Kier alpha value is -1.86. The molecule has 0 atom stereocenters. The number of unbranched alkanes of at least 4 members (excludes halogenated alkanes) is 6. The third-order valence-electron chi connectivity index (χ3n) is 3.92. The van der Waals surface area contributed by atoms with Crippen LogP contribution in [0.4, 0.5) is 14.4 Å². The number of amides is 1. The van der Waals surface area contributed by atoms with E-state index in [1.807, 2.05) is 7.05 Å². The van der Waals surface area contributed by atoms with Crippen LogP contribution >= 0.6 is 23.2 Å². The van der Waals surface area contributed by atoms with Gasteiger partial charge in [0, 0.05) is 36.7 Å². The molecule has 14 heteroatoms. The number of carbonyl (C=O) groups excluding carboxylic acids is 4. The maximum atomic E-state index is 11.1. The van der Waals surface area contributed by atoms with E-state index in [-0.39, 0.29) is 39.8 Å². The molecule has 37 heavy (non-hydrogen) atoms. The van der Waals surface area contributed by atoms with E-state index in [9.17, 15) is 19.2 Å². The van der Waals surface area contributed by atoms with Gasteiger partial charge in [0.15, 0.2) is 0 Å². The molecular weight excluding hydrogens is 531 g/mol. The molecule has 0 aromatic rings. The Kier molecular flexibility index (Phi) is 41.4. The van der Waals surface area contributed by atoms with Gasteiger partial charge in [0.1, 0.15) is 26.4 Å². The normalized spacial score (nSPS) is 9.24. The second kappa shape index (κ2) is 36.3. The number of alkyl carbamates (subject to hydrolysis) is 1. The molecule has 0 fully saturated rings. The first-order valence-corrected chi connectivity index (χ1v) is 12.7. The molecule has 0 unspecified atom stereocenters. The van der Waals surface area contributed by atoms with E-state index in [0.717, 1.165) is 58.2 Å². The van der Waals surface area contributed by atoms with Crippen molar-refractivity contribution in [2.75, 3.05) is 59.7 Å². The smallest absolute Gasteiger partial charge is 0.407 e. The molecule has 0 aromatic carbocycles. The zero-order chi connectivity index (χ0) is 27.9. The molecule has 0 aliphatic rings. The summed E-state index contributed by atoms with van der Waals surface area (Å²) in [6.45, 7) is 4.64. The van der Waals surface area contributed by atoms with Crippen LogP contribution in [0.15, 0.2) is 0 Å². The number of esters is 1. The van der Waals surface area contributed by atoms with Crippen molar-refractivity contribution in [3.8, 4) is 0 Å². The van der Waals surface area contributed by atoms with Crippen LogP contribution in [0.5, 0.6) is 0 Å². The lowest BCUT2D eigenvalue weighted by molar-refractivity contribution is -0.141. The van der Waals surface area contributed by atoms with Crippen molar-refractivity contribution in [2.24, 2.45) is 11.5 Å². The summed E-state index contributed by atoms with van der Waals surface area (Å²) in [6.07, 6.45) is 8.68. The van der Waals surface area contributed by atoms with Gasteiger partial charge in [-0.1, -0.05) is 33.1 Å². The van der Waals surface area contributed by atoms with Crippen molar-refractivity contribution in [1.29, 1.82) is 0 Å². The van der Waals surface area contributed by atoms with Crippen molar-refractivity contribution in [1.82, 2.24) is 10.6 Å². The second-order valence-corrected chi connectivity index (χ2v) is 7.70. The number of nitrogens with two attached hydrogens (primary N) is 2. The Balaban J connectivity index is -0.000000242. The van der Waals surface area contributed by atoms with Gasteiger partial charge in [-0.2, -0.15) is 0 Å². The fourth-order valence-electron chi connectivity index (χ4n) is 2.23. The first kappa shape index (κ1) is 42.2. The van der Waals surface area contributed by atoms with E-state index in [0.29, 0.717) is 6.54 Å². The van der Waals surface area contributed by atoms with Gasteiger partial charge in [-0.05, 0) is 52.4 Å². The van der Waals surface area contributed by atoms with E-state index in [1.54, 1.807) is 0 Å². The zero-order valence-electron chi connectivity index (χ0n) is 21.5. The number of nitrogens with one attached hydrogen (secondary N) is 2. The first-order valence-electron chi connectivity index (χ1n) is 11.9. The highest BCUT2D eigenvalue weighted by Crippen LogP contribution is 1.97. The standard InChI is InChI=1S/C12H24N2O4.C6H16N2.C4H4Cl2O4.CH4/c1-11(15)17-9-10-18-12(16)14-8-6-4-3-5-7-13-2;7-5-3-1-2-4-6-8;5-3(7)9-1-2-10-4(6)8;/h13H,3-10H2,1-2H3,(H,14,16);1-8H2;1-2H2;1H4. The van der Waals surface area contributed by atoms with Gasteiger partial charge in [-0.25, -0.2) is 14.4 Å². The summed E-state index contributed by atoms with van der Waals surface area (Å²) < 4.78 is 17.8. The van der Waals surface area contributed by atoms with Crippen molar-refractivity contribution in [2.45, 2.75) is 65.7 Å². The monoisotopic (exact) mass is 578 g/mol. The summed E-state index contributed by atoms with van der Waals surface area (Å²) in [5.41, 5.74) is 8.68. The Bertz CT molecular complexity index is 525. The molecule has 222 valence electrons. The molecule has 12 nitrogen and oxygen atoms in total. The van der Waals surface area contributed by atoms with Crippen LogP contribution in [0.25, 0.3) is 0 Å². The van der Waals surface area contributed by atoms with Crippen molar-refractivity contribution < 1.29 is 38.1 Å². The van der Waals surface area contributed by atoms with E-state index < -0.39 is 17.0 Å². The minimum Gasteiger partial charge on any atom is -0.462 e. The number of ether oxygens (including phenoxy) is 4. The van der Waals surface area contributed by atoms with Crippen LogP contribution < -0.4 is 22.1 Å². The Morgan fingerprint density at radius 3 is 1.46 bits per heavy atom. The van der Waals surface area contributed by atoms with Gasteiger partial charge in [-0.3, -0.25) is 4.79 Å². The van der Waals surface area contributed by atoms with Crippen molar-refractivity contribution in [3.63, 3.8) is 0 Å². The number of hydrogen-bond donors (Lipinski definition) is 4. The minimum atomic E-state index is -0.939. The van der Waals surface area contributed by atoms with E-state index in [1.165, 1.54) is 19.8 Å². The molecule has 6 N–H and O–H groups in total. The van der Waals surface area contributed by atoms with Crippen LogP contribution in [-0.4, -0.2) is 82.6 Å². The van der Waals surface area contributed by atoms with E-state index in [4.69, 9.17) is 39.4 Å². The molecule has 0 aliphatic heterocycles. The molecule has 0 aromatic heterocycles. The molecule has 0 heterocycles. The molecule has 0 saturated heterocycles. The molecule has 0 aliphatic carbocycles. The van der Waals surface area contributed by atoms with Crippen LogP contribution in [0.3, 0.4) is 0 Å². The highest BCUT2D eigenvalue weighted by molar-refractivity contribution is 6.61. The summed E-state index contributed by atoms with van der Waals surface area (Å²) in [6, 6.07) is 0. The first-order chi connectivity index (χ1) is 17.2. The Labute approximate surface area is 231 Å². The van der Waals surface area contributed by atoms with Gasteiger partial charge in [0.05, 0.1) is 0 Å². The van der Waals surface area contributed by atoms with Gasteiger partial charge < -0.3 is 41.0 Å². The van der Waals surface area contributed by atoms with E-state index >= 15 is 0 Å². The fourth-order valence-corrected chi connectivity index (χ4v) is 2.38. The number of hydrogen-bond acceptors (Lipinski definition) is 11. The van der Waals surface area contributed by atoms with E-state index in [2.05, 4.69) is 24.8 Å². The Morgan fingerprint density at radius 2 is 1.05 bits per heavy atom. The topological polar surface area (TPSA) is 181 Å². The van der Waals surface area contributed by atoms with Crippen molar-refractivity contribution >= 4 is 46.1 Å². The summed E-state index contributed by atoms with van der Waals surface area (Å²) >= 11 is 9.52. The highest BCUT2D eigenvalue weighted by Gasteiger charge is 2.01. The largest absolute Gasteiger partial charge is 0.462 e. The van der Waals surface area contributed by atoms with Crippen LogP contribution in [0, 0.1) is 0 Å². The number of rotatable bonds is 18. The average Bonchev–Trinajstić information content (AvgIpc) is 2.82. The predicted octanol–water partition coefficient (Wildman–Crippen LogP) is 3.89. The highest BCUT2D eigenvalue weighted by atomic mass is 35.5. The SMILES string of the molecule is C.CNCCCCCCNC(=O)OCCOC(C)=O.NCCCCCCN.O=C(Cl)OCCOC(=O)Cl. The summed E-state index contributed by atoms with van der Waals surface area (Å²) in [5, 5.41) is 5.73. The molecule has 0 saturated carbocycles. The minimum absolute atomic E-state index is 0. The molecular formula is C23H48Cl2N4O8. The molecule has 0 bridgehead atoms. The van der Waals surface area contributed by atoms with Gasteiger partial charge in [0.2, 0.25) is 0 Å².